The maximum Gasteiger partial charge on any atom is 0.277 e. The molecule has 0 saturated carbocycles. The van der Waals surface area contributed by atoms with Gasteiger partial charge in [-0.2, -0.15) is 5.10 Å². The number of benzene rings is 1. The van der Waals surface area contributed by atoms with Gasteiger partial charge in [-0.3, -0.25) is 10.1 Å². The first kappa shape index (κ1) is 13.3. The molecule has 2 heterocycles. The van der Waals surface area contributed by atoms with Gasteiger partial charge in [0.25, 0.3) is 5.91 Å². The number of hydrogen-bond acceptors (Lipinski definition) is 6. The number of anilines is 2. The highest BCUT2D eigenvalue weighted by molar-refractivity contribution is 7.15. The molecule has 0 radical (unpaired) electrons. The smallest absolute Gasteiger partial charge is 0.277 e. The lowest BCUT2D eigenvalue weighted by Crippen LogP contribution is -2.13. The summed E-state index contributed by atoms with van der Waals surface area (Å²) in [4.78, 5) is 12.1. The monoisotopic (exact) mass is 300 g/mol. The lowest BCUT2D eigenvalue weighted by Gasteiger charge is -2.04. The van der Waals surface area contributed by atoms with Gasteiger partial charge in [-0.25, -0.2) is 4.68 Å². The van der Waals surface area contributed by atoms with Crippen molar-refractivity contribution in [2.45, 2.75) is 6.92 Å². The van der Waals surface area contributed by atoms with Crippen molar-refractivity contribution in [2.75, 3.05) is 11.1 Å². The minimum absolute atomic E-state index is 0.283. The fourth-order valence-electron chi connectivity index (χ4n) is 1.78. The number of nitrogens with two attached hydrogens (primary N) is 1. The molecule has 106 valence electrons. The molecule has 3 aromatic rings. The van der Waals surface area contributed by atoms with Crippen molar-refractivity contribution in [3.8, 4) is 5.69 Å². The second kappa shape index (κ2) is 5.33. The first-order valence-electron chi connectivity index (χ1n) is 6.15. The minimum atomic E-state index is -0.334. The number of rotatable bonds is 3. The van der Waals surface area contributed by atoms with Crippen LogP contribution in [0.15, 0.2) is 36.5 Å². The number of carbonyl (C=O) groups is 1. The van der Waals surface area contributed by atoms with Gasteiger partial charge >= 0.3 is 0 Å². The van der Waals surface area contributed by atoms with Gasteiger partial charge in [0.05, 0.1) is 11.4 Å². The number of nitrogen functional groups attached to an aromatic ring is 1. The second-order valence-electron chi connectivity index (χ2n) is 4.28. The summed E-state index contributed by atoms with van der Waals surface area (Å²) in [5.74, 6) is -0.334. The molecule has 1 amide bonds. The molecule has 0 aliphatic rings. The number of carbonyl (C=O) groups excluding carboxylic acids is 1. The zero-order chi connectivity index (χ0) is 14.8. The standard InChI is InChI=1S/C13H12N6OS/c1-8-16-17-13(21-8)15-12(20)10-6-7-19(18-10)11-5-3-2-4-9(11)14/h2-7H,14H2,1H3,(H,15,17,20). The van der Waals surface area contributed by atoms with Gasteiger partial charge in [0.2, 0.25) is 5.13 Å². The van der Waals surface area contributed by atoms with Gasteiger partial charge in [-0.05, 0) is 25.1 Å². The molecule has 1 aromatic carbocycles. The third kappa shape index (κ3) is 2.75. The van der Waals surface area contributed by atoms with Crippen molar-refractivity contribution in [3.63, 3.8) is 0 Å². The summed E-state index contributed by atoms with van der Waals surface area (Å²) in [5.41, 5.74) is 7.49. The fraction of sp³-hybridized carbons (Fsp3) is 0.0769. The van der Waals surface area contributed by atoms with Crippen LogP contribution in [0.2, 0.25) is 0 Å². The van der Waals surface area contributed by atoms with Crippen LogP contribution in [0.25, 0.3) is 5.69 Å². The Balaban J connectivity index is 1.82. The van der Waals surface area contributed by atoms with Crippen molar-refractivity contribution < 1.29 is 4.79 Å². The first-order valence-corrected chi connectivity index (χ1v) is 6.97. The minimum Gasteiger partial charge on any atom is -0.397 e. The van der Waals surface area contributed by atoms with Crippen molar-refractivity contribution in [1.82, 2.24) is 20.0 Å². The Hall–Kier alpha value is -2.74. The Labute approximate surface area is 124 Å². The highest BCUT2D eigenvalue weighted by atomic mass is 32.1. The predicted octanol–water partition coefficient (Wildman–Crippen LogP) is 1.87. The number of aromatic nitrogens is 4. The van der Waals surface area contributed by atoms with E-state index in [1.807, 2.05) is 25.1 Å². The lowest BCUT2D eigenvalue weighted by atomic mass is 10.3. The molecule has 3 N–H and O–H groups in total. The maximum absolute atomic E-state index is 12.1. The Morgan fingerprint density at radius 2 is 2.10 bits per heavy atom. The summed E-state index contributed by atoms with van der Waals surface area (Å²) in [5, 5.41) is 15.8. The number of nitrogens with zero attached hydrogens (tertiary/aromatic N) is 4. The first-order chi connectivity index (χ1) is 10.1. The van der Waals surface area contributed by atoms with E-state index < -0.39 is 0 Å². The van der Waals surface area contributed by atoms with Crippen LogP contribution in [0.1, 0.15) is 15.5 Å². The summed E-state index contributed by atoms with van der Waals surface area (Å²) < 4.78 is 1.57. The third-order valence-electron chi connectivity index (χ3n) is 2.75. The van der Waals surface area contributed by atoms with Gasteiger partial charge < -0.3 is 5.73 Å². The molecule has 0 fully saturated rings. The quantitative estimate of drug-likeness (QED) is 0.719. The van der Waals surface area contributed by atoms with Gasteiger partial charge in [0.15, 0.2) is 5.69 Å². The molecule has 3 rings (SSSR count). The van der Waals surface area contributed by atoms with E-state index in [4.69, 9.17) is 5.73 Å². The topological polar surface area (TPSA) is 98.7 Å². The summed E-state index contributed by atoms with van der Waals surface area (Å²) in [6, 6.07) is 8.93. The van der Waals surface area contributed by atoms with E-state index in [1.165, 1.54) is 11.3 Å². The SMILES string of the molecule is Cc1nnc(NC(=O)c2ccn(-c3ccccc3N)n2)s1. The van der Waals surface area contributed by atoms with Crippen LogP contribution in [0.5, 0.6) is 0 Å². The van der Waals surface area contributed by atoms with Gasteiger partial charge in [-0.15, -0.1) is 10.2 Å². The van der Waals surface area contributed by atoms with Gasteiger partial charge in [0, 0.05) is 6.20 Å². The molecule has 0 aliphatic carbocycles. The van der Waals surface area contributed by atoms with E-state index >= 15 is 0 Å². The fourth-order valence-corrected chi connectivity index (χ4v) is 2.37. The molecule has 21 heavy (non-hydrogen) atoms. The van der Waals surface area contributed by atoms with Crippen LogP contribution in [0.3, 0.4) is 0 Å². The Kier molecular flexibility index (Phi) is 3.36. The summed E-state index contributed by atoms with van der Waals surface area (Å²) >= 11 is 1.31. The van der Waals surface area contributed by atoms with Crippen LogP contribution in [0.4, 0.5) is 10.8 Å². The van der Waals surface area contributed by atoms with Crippen LogP contribution < -0.4 is 11.1 Å². The average Bonchev–Trinajstić information content (AvgIpc) is 3.09. The molecule has 0 unspecified atom stereocenters. The van der Waals surface area contributed by atoms with E-state index in [1.54, 1.807) is 23.0 Å². The van der Waals surface area contributed by atoms with Crippen LogP contribution >= 0.6 is 11.3 Å². The second-order valence-corrected chi connectivity index (χ2v) is 5.47. The molecule has 0 spiro atoms. The van der Waals surface area contributed by atoms with Crippen LogP contribution in [-0.2, 0) is 0 Å². The van der Waals surface area contributed by atoms with E-state index in [9.17, 15) is 4.79 Å². The number of hydrogen-bond donors (Lipinski definition) is 2. The Morgan fingerprint density at radius 1 is 1.29 bits per heavy atom. The highest BCUT2D eigenvalue weighted by Gasteiger charge is 2.13. The molecule has 0 bridgehead atoms. The van der Waals surface area contributed by atoms with E-state index in [0.717, 1.165) is 10.7 Å². The zero-order valence-electron chi connectivity index (χ0n) is 11.1. The van der Waals surface area contributed by atoms with Crippen molar-refractivity contribution in [3.05, 3.63) is 47.2 Å². The summed E-state index contributed by atoms with van der Waals surface area (Å²) in [7, 11) is 0. The van der Waals surface area contributed by atoms with Crippen molar-refractivity contribution in [2.24, 2.45) is 0 Å². The van der Waals surface area contributed by atoms with Crippen LogP contribution in [0, 0.1) is 6.92 Å². The molecule has 8 heteroatoms. The predicted molar refractivity (Wildman–Crippen MR) is 80.6 cm³/mol. The highest BCUT2D eigenvalue weighted by Crippen LogP contribution is 2.17. The number of aryl methyl sites for hydroxylation is 1. The normalized spacial score (nSPS) is 10.5. The zero-order valence-corrected chi connectivity index (χ0v) is 12.0. The van der Waals surface area contributed by atoms with E-state index in [-0.39, 0.29) is 11.6 Å². The number of amides is 1. The molecule has 0 atom stereocenters. The largest absolute Gasteiger partial charge is 0.397 e. The van der Waals surface area contributed by atoms with Crippen molar-refractivity contribution in [1.29, 1.82) is 0 Å². The Bertz CT molecular complexity index is 793. The molecule has 0 aliphatic heterocycles. The molecular formula is C13H12N6OS. The number of nitrogens with one attached hydrogen (secondary N) is 1. The summed E-state index contributed by atoms with van der Waals surface area (Å²) in [6.07, 6.45) is 1.69. The average molecular weight is 300 g/mol. The lowest BCUT2D eigenvalue weighted by molar-refractivity contribution is 0.102. The van der Waals surface area contributed by atoms with Gasteiger partial charge in [0.1, 0.15) is 5.01 Å². The van der Waals surface area contributed by atoms with Crippen molar-refractivity contribution >= 4 is 28.1 Å². The molecule has 2 aromatic heterocycles. The summed E-state index contributed by atoms with van der Waals surface area (Å²) in [6.45, 7) is 1.82. The third-order valence-corrected chi connectivity index (χ3v) is 3.51. The molecule has 0 saturated heterocycles. The van der Waals surface area contributed by atoms with Gasteiger partial charge in [-0.1, -0.05) is 23.5 Å². The van der Waals surface area contributed by atoms with E-state index in [2.05, 4.69) is 20.6 Å². The molecule has 7 nitrogen and oxygen atoms in total. The number of para-hydroxylation sites is 2. The maximum atomic E-state index is 12.1. The van der Waals surface area contributed by atoms with Crippen LogP contribution in [-0.4, -0.2) is 25.9 Å². The molecular weight excluding hydrogens is 288 g/mol. The van der Waals surface area contributed by atoms with E-state index in [0.29, 0.717) is 10.8 Å². The Morgan fingerprint density at radius 3 is 2.81 bits per heavy atom.